The molecule has 0 radical (unpaired) electrons. The third-order valence-corrected chi connectivity index (χ3v) is 5.31. The first-order chi connectivity index (χ1) is 9.99. The molecule has 0 bridgehead atoms. The molecule has 0 fully saturated rings. The lowest BCUT2D eigenvalue weighted by Crippen LogP contribution is -2.36. The van der Waals surface area contributed by atoms with Crippen molar-refractivity contribution in [2.24, 2.45) is 0 Å². The van der Waals surface area contributed by atoms with Crippen LogP contribution in [0.1, 0.15) is 5.56 Å². The van der Waals surface area contributed by atoms with Crippen molar-refractivity contribution in [3.05, 3.63) is 54.1 Å². The van der Waals surface area contributed by atoms with Gasteiger partial charge in [-0.15, -0.1) is 0 Å². The van der Waals surface area contributed by atoms with E-state index in [0.29, 0.717) is 5.56 Å². The molecule has 21 heavy (non-hydrogen) atoms. The van der Waals surface area contributed by atoms with Crippen LogP contribution in [0.25, 0.3) is 22.1 Å². The van der Waals surface area contributed by atoms with Gasteiger partial charge in [0.2, 0.25) is 0 Å². The van der Waals surface area contributed by atoms with E-state index in [4.69, 9.17) is 9.68 Å². The van der Waals surface area contributed by atoms with Gasteiger partial charge in [0, 0.05) is 10.9 Å². The van der Waals surface area contributed by atoms with E-state index < -0.39 is 8.07 Å². The molecule has 0 amide bonds. The molecule has 0 aliphatic rings. The third-order valence-electron chi connectivity index (χ3n) is 3.59. The zero-order valence-corrected chi connectivity index (χ0v) is 13.5. The minimum Gasteiger partial charge on any atom is -0.466 e. The van der Waals surface area contributed by atoms with Crippen molar-refractivity contribution in [2.45, 2.75) is 19.6 Å². The molecule has 2 aromatic carbocycles. The van der Waals surface area contributed by atoms with Crippen LogP contribution in [-0.4, -0.2) is 8.07 Å². The summed E-state index contributed by atoms with van der Waals surface area (Å²) < 4.78 is 6.17. The summed E-state index contributed by atoms with van der Waals surface area (Å²) in [4.78, 5) is 0. The Morgan fingerprint density at radius 2 is 1.76 bits per heavy atom. The molecule has 0 saturated heterocycles. The van der Waals surface area contributed by atoms with E-state index in [1.807, 2.05) is 30.3 Å². The molecule has 1 aromatic heterocycles. The molecular weight excluding hydrogens is 274 g/mol. The average Bonchev–Trinajstić information content (AvgIpc) is 2.91. The van der Waals surface area contributed by atoms with Gasteiger partial charge >= 0.3 is 0 Å². The van der Waals surface area contributed by atoms with E-state index in [-0.39, 0.29) is 0 Å². The minimum absolute atomic E-state index is 0.668. The Hall–Kier alpha value is -2.31. The Bertz CT molecular complexity index is 850. The fraction of sp³-hybridized carbons (Fsp3) is 0.167. The maximum Gasteiger partial charge on any atom is 0.141 e. The Balaban J connectivity index is 2.23. The lowest BCUT2D eigenvalue weighted by atomic mass is 10.0. The standard InChI is InChI=1S/C18H17NOSi/c1-21(2,3)17-11-15-8-5-9-16(18(15)20-17)14-7-4-6-13(10-14)12-19/h4-11H,1-3H3. The van der Waals surface area contributed by atoms with Gasteiger partial charge in [-0.05, 0) is 23.8 Å². The van der Waals surface area contributed by atoms with Gasteiger partial charge in [-0.3, -0.25) is 0 Å². The third kappa shape index (κ3) is 2.50. The van der Waals surface area contributed by atoms with Crippen molar-refractivity contribution in [1.29, 1.82) is 5.26 Å². The van der Waals surface area contributed by atoms with Gasteiger partial charge in [0.25, 0.3) is 0 Å². The number of hydrogen-bond donors (Lipinski definition) is 0. The Labute approximate surface area is 125 Å². The van der Waals surface area contributed by atoms with Crippen LogP contribution in [0.2, 0.25) is 19.6 Å². The highest BCUT2D eigenvalue weighted by Crippen LogP contribution is 2.30. The number of fused-ring (bicyclic) bond motifs is 1. The van der Waals surface area contributed by atoms with E-state index in [2.05, 4.69) is 43.9 Å². The predicted octanol–water partition coefficient (Wildman–Crippen LogP) is 4.52. The van der Waals surface area contributed by atoms with E-state index in [1.165, 1.54) is 0 Å². The summed E-state index contributed by atoms with van der Waals surface area (Å²) in [5, 5.41) is 11.3. The molecule has 0 N–H and O–H groups in total. The number of nitrogens with zero attached hydrogens (tertiary/aromatic N) is 1. The van der Waals surface area contributed by atoms with E-state index >= 15 is 0 Å². The summed E-state index contributed by atoms with van der Waals surface area (Å²) in [6.07, 6.45) is 0. The largest absolute Gasteiger partial charge is 0.466 e. The van der Waals surface area contributed by atoms with Gasteiger partial charge in [-0.25, -0.2) is 0 Å². The molecule has 1 heterocycles. The van der Waals surface area contributed by atoms with Gasteiger partial charge in [-0.1, -0.05) is 50.0 Å². The molecule has 2 nitrogen and oxygen atoms in total. The Kier molecular flexibility index (Phi) is 3.19. The van der Waals surface area contributed by atoms with Crippen LogP contribution >= 0.6 is 0 Å². The first kappa shape index (κ1) is 13.7. The zero-order valence-electron chi connectivity index (χ0n) is 12.5. The zero-order chi connectivity index (χ0) is 15.0. The first-order valence-corrected chi connectivity index (χ1v) is 10.5. The molecule has 3 aromatic rings. The molecule has 104 valence electrons. The van der Waals surface area contributed by atoms with E-state index in [9.17, 15) is 0 Å². The normalized spacial score (nSPS) is 11.5. The summed E-state index contributed by atoms with van der Waals surface area (Å²) in [5.74, 6) is 0. The SMILES string of the molecule is C[Si](C)(C)c1cc2cccc(-c3cccc(C#N)c3)c2o1. The summed E-state index contributed by atoms with van der Waals surface area (Å²) in [7, 11) is -1.48. The van der Waals surface area contributed by atoms with Gasteiger partial charge in [0.05, 0.1) is 17.0 Å². The van der Waals surface area contributed by atoms with E-state index in [0.717, 1.165) is 27.5 Å². The van der Waals surface area contributed by atoms with Crippen molar-refractivity contribution in [2.75, 3.05) is 0 Å². The highest BCUT2D eigenvalue weighted by Gasteiger charge is 2.22. The second kappa shape index (κ2) is 4.91. The summed E-state index contributed by atoms with van der Waals surface area (Å²) in [6, 6.07) is 18.2. The van der Waals surface area contributed by atoms with Crippen LogP contribution < -0.4 is 5.38 Å². The molecule has 0 unspecified atom stereocenters. The lowest BCUT2D eigenvalue weighted by molar-refractivity contribution is 0.649. The molecule has 0 atom stereocenters. The highest BCUT2D eigenvalue weighted by atomic mass is 28.3. The second-order valence-electron chi connectivity index (χ2n) is 6.28. The fourth-order valence-corrected chi connectivity index (χ4v) is 3.41. The van der Waals surface area contributed by atoms with Crippen molar-refractivity contribution in [3.8, 4) is 17.2 Å². The second-order valence-corrected chi connectivity index (χ2v) is 11.3. The van der Waals surface area contributed by atoms with Crippen LogP contribution in [-0.2, 0) is 0 Å². The van der Waals surface area contributed by atoms with E-state index in [1.54, 1.807) is 0 Å². The lowest BCUT2D eigenvalue weighted by Gasteiger charge is -2.10. The van der Waals surface area contributed by atoms with Crippen LogP contribution in [0, 0.1) is 11.3 Å². The first-order valence-electron chi connectivity index (χ1n) is 7.02. The maximum absolute atomic E-state index is 9.07. The molecule has 0 saturated carbocycles. The van der Waals surface area contributed by atoms with Gasteiger partial charge in [-0.2, -0.15) is 5.26 Å². The topological polar surface area (TPSA) is 36.9 Å². The molecule has 0 spiro atoms. The van der Waals surface area contributed by atoms with Crippen molar-refractivity contribution >= 4 is 24.4 Å². The predicted molar refractivity (Wildman–Crippen MR) is 89.3 cm³/mol. The fourth-order valence-electron chi connectivity index (χ4n) is 2.42. The van der Waals surface area contributed by atoms with Gasteiger partial charge in [0.15, 0.2) is 0 Å². The molecule has 0 aliphatic carbocycles. The van der Waals surface area contributed by atoms with Gasteiger partial charge in [0.1, 0.15) is 13.7 Å². The molecule has 3 heteroatoms. The van der Waals surface area contributed by atoms with Crippen molar-refractivity contribution < 1.29 is 4.42 Å². The van der Waals surface area contributed by atoms with Crippen LogP contribution in [0.4, 0.5) is 0 Å². The molecular formula is C18H17NOSi. The molecule has 3 rings (SSSR count). The number of hydrogen-bond acceptors (Lipinski definition) is 2. The Morgan fingerprint density at radius 1 is 1.00 bits per heavy atom. The average molecular weight is 291 g/mol. The minimum atomic E-state index is -1.48. The number of furan rings is 1. The molecule has 0 aliphatic heterocycles. The summed E-state index contributed by atoms with van der Waals surface area (Å²) in [6.45, 7) is 6.84. The quantitative estimate of drug-likeness (QED) is 0.651. The number of rotatable bonds is 2. The summed E-state index contributed by atoms with van der Waals surface area (Å²) >= 11 is 0. The van der Waals surface area contributed by atoms with Crippen LogP contribution in [0.5, 0.6) is 0 Å². The maximum atomic E-state index is 9.07. The van der Waals surface area contributed by atoms with Gasteiger partial charge < -0.3 is 4.42 Å². The van der Waals surface area contributed by atoms with Crippen LogP contribution in [0.15, 0.2) is 52.9 Å². The highest BCUT2D eigenvalue weighted by molar-refractivity contribution is 6.87. The number of benzene rings is 2. The summed E-state index contributed by atoms with van der Waals surface area (Å²) in [5.41, 5.74) is 3.66. The van der Waals surface area contributed by atoms with Crippen molar-refractivity contribution in [3.63, 3.8) is 0 Å². The van der Waals surface area contributed by atoms with Crippen molar-refractivity contribution in [1.82, 2.24) is 0 Å². The number of para-hydroxylation sites is 1. The van der Waals surface area contributed by atoms with Crippen LogP contribution in [0.3, 0.4) is 0 Å². The monoisotopic (exact) mass is 291 g/mol. The number of nitriles is 1. The smallest absolute Gasteiger partial charge is 0.141 e. The Morgan fingerprint density at radius 3 is 2.48 bits per heavy atom.